The van der Waals surface area contributed by atoms with E-state index in [0.29, 0.717) is 12.8 Å². The maximum atomic E-state index is 12.8. The van der Waals surface area contributed by atoms with E-state index in [2.05, 4.69) is 17.2 Å². The Morgan fingerprint density at radius 1 is 0.933 bits per heavy atom. The van der Waals surface area contributed by atoms with E-state index in [0.717, 1.165) is 11.1 Å². The lowest BCUT2D eigenvalue weighted by molar-refractivity contribution is -0.131. The number of rotatable bonds is 12. The molecule has 0 heterocycles. The van der Waals surface area contributed by atoms with Crippen molar-refractivity contribution in [3.05, 3.63) is 84.4 Å². The SMILES string of the molecule is C=CCC(CC(=O)NC(CO)Cc1ccccc1)C(=O)NC(CO)c1ccccc1. The minimum atomic E-state index is -0.615. The van der Waals surface area contributed by atoms with Gasteiger partial charge in [0.2, 0.25) is 11.8 Å². The first-order valence-electron chi connectivity index (χ1n) is 10.1. The van der Waals surface area contributed by atoms with Gasteiger partial charge >= 0.3 is 0 Å². The third-order valence-corrected chi connectivity index (χ3v) is 4.87. The highest BCUT2D eigenvalue weighted by Crippen LogP contribution is 2.16. The average molecular weight is 411 g/mol. The molecular formula is C24H30N2O4. The molecule has 0 aliphatic rings. The normalized spacial score (nSPS) is 13.7. The van der Waals surface area contributed by atoms with Crippen molar-refractivity contribution in [1.29, 1.82) is 0 Å². The van der Waals surface area contributed by atoms with Crippen LogP contribution in [0.15, 0.2) is 73.3 Å². The van der Waals surface area contributed by atoms with Gasteiger partial charge in [-0.25, -0.2) is 0 Å². The van der Waals surface area contributed by atoms with Gasteiger partial charge in [-0.2, -0.15) is 0 Å². The molecule has 4 N–H and O–H groups in total. The van der Waals surface area contributed by atoms with Crippen LogP contribution in [0, 0.1) is 5.92 Å². The Morgan fingerprint density at radius 2 is 1.57 bits per heavy atom. The fourth-order valence-electron chi connectivity index (χ4n) is 3.26. The number of carbonyl (C=O) groups excluding carboxylic acids is 2. The Morgan fingerprint density at radius 3 is 2.13 bits per heavy atom. The van der Waals surface area contributed by atoms with Crippen molar-refractivity contribution < 1.29 is 19.8 Å². The van der Waals surface area contributed by atoms with Crippen LogP contribution in [0.3, 0.4) is 0 Å². The molecule has 2 aromatic rings. The van der Waals surface area contributed by atoms with Gasteiger partial charge in [-0.15, -0.1) is 6.58 Å². The average Bonchev–Trinajstić information content (AvgIpc) is 2.77. The van der Waals surface area contributed by atoms with Crippen LogP contribution in [0.2, 0.25) is 0 Å². The number of carbonyl (C=O) groups is 2. The van der Waals surface area contributed by atoms with E-state index in [1.54, 1.807) is 6.08 Å². The molecule has 2 amide bonds. The standard InChI is InChI=1S/C24H30N2O4/c1-2-9-20(24(30)26-22(17-28)19-12-7-4-8-13-19)15-23(29)25-21(16-27)14-18-10-5-3-6-11-18/h2-8,10-13,20-22,27-28H,1,9,14-17H2,(H,25,29)(H,26,30). The van der Waals surface area contributed by atoms with Gasteiger partial charge in [0.25, 0.3) is 0 Å². The predicted octanol–water partition coefficient (Wildman–Crippen LogP) is 2.14. The Balaban J connectivity index is 1.96. The van der Waals surface area contributed by atoms with Gasteiger partial charge in [0.05, 0.1) is 31.2 Å². The first kappa shape index (κ1) is 23.3. The first-order valence-corrected chi connectivity index (χ1v) is 10.1. The van der Waals surface area contributed by atoms with Crippen molar-refractivity contribution >= 4 is 11.8 Å². The van der Waals surface area contributed by atoms with Crippen molar-refractivity contribution in [2.45, 2.75) is 31.3 Å². The quantitative estimate of drug-likeness (QED) is 0.403. The summed E-state index contributed by atoms with van der Waals surface area (Å²) in [4.78, 5) is 25.3. The molecule has 0 aliphatic carbocycles. The summed E-state index contributed by atoms with van der Waals surface area (Å²) in [6, 6.07) is 17.8. The molecule has 2 aromatic carbocycles. The zero-order valence-electron chi connectivity index (χ0n) is 17.0. The van der Waals surface area contributed by atoms with Crippen LogP contribution in [0.5, 0.6) is 0 Å². The minimum Gasteiger partial charge on any atom is -0.394 e. The molecule has 0 saturated heterocycles. The van der Waals surface area contributed by atoms with Crippen molar-refractivity contribution in [2.75, 3.05) is 13.2 Å². The summed E-state index contributed by atoms with van der Waals surface area (Å²) in [5, 5.41) is 24.9. The van der Waals surface area contributed by atoms with Crippen molar-refractivity contribution in [3.63, 3.8) is 0 Å². The Hall–Kier alpha value is -2.96. The fraction of sp³-hybridized carbons (Fsp3) is 0.333. The maximum absolute atomic E-state index is 12.8. The summed E-state index contributed by atoms with van der Waals surface area (Å²) in [5.74, 6) is -1.25. The first-order chi connectivity index (χ1) is 14.6. The smallest absolute Gasteiger partial charge is 0.224 e. The number of nitrogens with one attached hydrogen (secondary N) is 2. The molecule has 0 spiro atoms. The van der Waals surface area contributed by atoms with Crippen LogP contribution in [-0.4, -0.2) is 41.3 Å². The number of aliphatic hydroxyl groups excluding tert-OH is 2. The van der Waals surface area contributed by atoms with E-state index in [1.165, 1.54) is 0 Å². The van der Waals surface area contributed by atoms with Crippen molar-refractivity contribution in [2.24, 2.45) is 5.92 Å². The summed E-state index contributed by atoms with van der Waals surface area (Å²) in [7, 11) is 0. The lowest BCUT2D eigenvalue weighted by Gasteiger charge is -2.22. The number of amides is 2. The molecular weight excluding hydrogens is 380 g/mol. The van der Waals surface area contributed by atoms with Crippen LogP contribution < -0.4 is 10.6 Å². The molecule has 2 rings (SSSR count). The second-order valence-corrected chi connectivity index (χ2v) is 7.22. The molecule has 0 aromatic heterocycles. The summed E-state index contributed by atoms with van der Waals surface area (Å²) in [6.45, 7) is 3.24. The largest absolute Gasteiger partial charge is 0.394 e. The van der Waals surface area contributed by atoms with Gasteiger partial charge in [0.1, 0.15) is 0 Å². The Bertz CT molecular complexity index is 795. The Kier molecular flexibility index (Phi) is 9.77. The molecule has 30 heavy (non-hydrogen) atoms. The van der Waals surface area contributed by atoms with Gasteiger partial charge in [-0.05, 0) is 24.0 Å². The van der Waals surface area contributed by atoms with E-state index in [1.807, 2.05) is 60.7 Å². The van der Waals surface area contributed by atoms with Crippen LogP contribution in [-0.2, 0) is 16.0 Å². The van der Waals surface area contributed by atoms with E-state index in [4.69, 9.17) is 0 Å². The fourth-order valence-corrected chi connectivity index (χ4v) is 3.26. The van der Waals surface area contributed by atoms with E-state index >= 15 is 0 Å². The second-order valence-electron chi connectivity index (χ2n) is 7.22. The van der Waals surface area contributed by atoms with E-state index in [9.17, 15) is 19.8 Å². The minimum absolute atomic E-state index is 0.0317. The summed E-state index contributed by atoms with van der Waals surface area (Å²) in [6.07, 6.45) is 2.40. The monoisotopic (exact) mass is 410 g/mol. The number of aliphatic hydroxyl groups is 2. The summed E-state index contributed by atoms with van der Waals surface area (Å²) in [5.41, 5.74) is 1.80. The topological polar surface area (TPSA) is 98.7 Å². The molecule has 6 nitrogen and oxygen atoms in total. The number of hydrogen-bond donors (Lipinski definition) is 4. The molecule has 0 bridgehead atoms. The highest BCUT2D eigenvalue weighted by atomic mass is 16.3. The second kappa shape index (κ2) is 12.6. The molecule has 0 fully saturated rings. The van der Waals surface area contributed by atoms with Gasteiger partial charge in [-0.1, -0.05) is 66.7 Å². The van der Waals surface area contributed by atoms with Gasteiger partial charge in [0.15, 0.2) is 0 Å². The van der Waals surface area contributed by atoms with E-state index in [-0.39, 0.29) is 31.4 Å². The van der Waals surface area contributed by atoms with Crippen molar-refractivity contribution in [3.8, 4) is 0 Å². The molecule has 160 valence electrons. The molecule has 0 aliphatic heterocycles. The molecule has 3 atom stereocenters. The molecule has 3 unspecified atom stereocenters. The third-order valence-electron chi connectivity index (χ3n) is 4.87. The van der Waals surface area contributed by atoms with Crippen LogP contribution in [0.25, 0.3) is 0 Å². The molecule has 0 saturated carbocycles. The van der Waals surface area contributed by atoms with Gasteiger partial charge in [-0.3, -0.25) is 9.59 Å². The highest BCUT2D eigenvalue weighted by Gasteiger charge is 2.24. The summed E-state index contributed by atoms with van der Waals surface area (Å²) >= 11 is 0. The highest BCUT2D eigenvalue weighted by molar-refractivity contribution is 5.86. The lowest BCUT2D eigenvalue weighted by Crippen LogP contribution is -2.42. The van der Waals surface area contributed by atoms with Gasteiger partial charge < -0.3 is 20.8 Å². The zero-order chi connectivity index (χ0) is 21.8. The van der Waals surface area contributed by atoms with Crippen LogP contribution in [0.4, 0.5) is 0 Å². The van der Waals surface area contributed by atoms with E-state index < -0.39 is 18.0 Å². The Labute approximate surface area is 177 Å². The summed E-state index contributed by atoms with van der Waals surface area (Å²) < 4.78 is 0. The number of hydrogen-bond acceptors (Lipinski definition) is 4. The van der Waals surface area contributed by atoms with Crippen molar-refractivity contribution in [1.82, 2.24) is 10.6 Å². The third kappa shape index (κ3) is 7.46. The van der Waals surface area contributed by atoms with Gasteiger partial charge in [0, 0.05) is 6.42 Å². The van der Waals surface area contributed by atoms with Crippen LogP contribution in [0.1, 0.15) is 30.0 Å². The molecule has 0 radical (unpaired) electrons. The lowest BCUT2D eigenvalue weighted by atomic mass is 9.98. The zero-order valence-corrected chi connectivity index (χ0v) is 17.0. The molecule has 6 heteroatoms. The number of benzene rings is 2. The predicted molar refractivity (Wildman–Crippen MR) is 116 cm³/mol. The van der Waals surface area contributed by atoms with Crippen LogP contribution >= 0.6 is 0 Å². The number of allylic oxidation sites excluding steroid dienone is 1. The maximum Gasteiger partial charge on any atom is 0.224 e.